The summed E-state index contributed by atoms with van der Waals surface area (Å²) in [5, 5.41) is 11.7. The first-order chi connectivity index (χ1) is 8.58. The van der Waals surface area contributed by atoms with Gasteiger partial charge in [0.25, 0.3) is 5.91 Å². The molecule has 0 bridgehead atoms. The van der Waals surface area contributed by atoms with E-state index >= 15 is 0 Å². The Kier molecular flexibility index (Phi) is 4.02. The monoisotopic (exact) mass is 315 g/mol. The molecule has 0 heterocycles. The van der Waals surface area contributed by atoms with Crippen LogP contribution in [0.25, 0.3) is 0 Å². The Balaban J connectivity index is 1.98. The molecule has 5 heteroatoms. The van der Waals surface area contributed by atoms with Crippen molar-refractivity contribution in [3.63, 3.8) is 0 Å². The van der Waals surface area contributed by atoms with Crippen molar-refractivity contribution in [3.8, 4) is 0 Å². The van der Waals surface area contributed by atoms with Crippen molar-refractivity contribution in [2.24, 2.45) is 5.41 Å². The molecule has 1 fully saturated rings. The van der Waals surface area contributed by atoms with Crippen LogP contribution in [-0.2, 0) is 0 Å². The van der Waals surface area contributed by atoms with Crippen molar-refractivity contribution in [2.75, 3.05) is 13.2 Å². The molecule has 0 unspecified atom stereocenters. The van der Waals surface area contributed by atoms with Gasteiger partial charge < -0.3 is 10.4 Å². The summed E-state index contributed by atoms with van der Waals surface area (Å²) in [5.41, 5.74) is 0.360. The number of halogens is 2. The molecule has 98 valence electrons. The summed E-state index contributed by atoms with van der Waals surface area (Å²) in [6.45, 7) is 0.675. The van der Waals surface area contributed by atoms with Crippen molar-refractivity contribution in [3.05, 3.63) is 34.1 Å². The number of aliphatic hydroxyl groups is 1. The normalized spacial score (nSPS) is 16.4. The van der Waals surface area contributed by atoms with Crippen molar-refractivity contribution in [1.29, 1.82) is 0 Å². The molecule has 2 N–H and O–H groups in total. The van der Waals surface area contributed by atoms with E-state index in [1.807, 2.05) is 0 Å². The minimum Gasteiger partial charge on any atom is -0.396 e. The Bertz CT molecular complexity index is 460. The number of aliphatic hydroxyl groups excluding tert-OH is 1. The average Bonchev–Trinajstić information content (AvgIpc) is 3.11. The van der Waals surface area contributed by atoms with Crippen LogP contribution in [0, 0.1) is 11.2 Å². The predicted octanol–water partition coefficient (Wildman–Crippen LogP) is 2.48. The van der Waals surface area contributed by atoms with Crippen LogP contribution in [-0.4, -0.2) is 24.2 Å². The maximum Gasteiger partial charge on any atom is 0.252 e. The van der Waals surface area contributed by atoms with Gasteiger partial charge in [0.1, 0.15) is 5.82 Å². The van der Waals surface area contributed by atoms with Gasteiger partial charge in [0, 0.05) is 13.2 Å². The summed E-state index contributed by atoms with van der Waals surface area (Å²) in [4.78, 5) is 11.9. The van der Waals surface area contributed by atoms with Crippen LogP contribution in [0.15, 0.2) is 22.7 Å². The number of rotatable bonds is 5. The lowest BCUT2D eigenvalue weighted by atomic mass is 10.0. The van der Waals surface area contributed by atoms with Crippen LogP contribution < -0.4 is 5.32 Å². The Morgan fingerprint density at radius 1 is 1.50 bits per heavy atom. The molecular weight excluding hydrogens is 301 g/mol. The van der Waals surface area contributed by atoms with Crippen LogP contribution >= 0.6 is 15.9 Å². The molecule has 0 spiro atoms. The van der Waals surface area contributed by atoms with Crippen molar-refractivity contribution in [2.45, 2.75) is 19.3 Å². The summed E-state index contributed by atoms with van der Waals surface area (Å²) in [6.07, 6.45) is 2.76. The van der Waals surface area contributed by atoms with Crippen LogP contribution in [0.1, 0.15) is 29.6 Å². The van der Waals surface area contributed by atoms with E-state index < -0.39 is 5.82 Å². The van der Waals surface area contributed by atoms with E-state index in [2.05, 4.69) is 21.2 Å². The fraction of sp³-hybridized carbons (Fsp3) is 0.462. The second-order valence-corrected chi connectivity index (χ2v) is 5.55. The van der Waals surface area contributed by atoms with Gasteiger partial charge in [-0.05, 0) is 52.7 Å². The molecule has 1 aliphatic carbocycles. The number of benzene rings is 1. The Labute approximate surface area is 114 Å². The molecule has 1 aliphatic rings. The highest BCUT2D eigenvalue weighted by Crippen LogP contribution is 2.47. The van der Waals surface area contributed by atoms with Crippen LogP contribution in [0.5, 0.6) is 0 Å². The van der Waals surface area contributed by atoms with E-state index in [9.17, 15) is 9.18 Å². The third-order valence-corrected chi connectivity index (χ3v) is 4.23. The zero-order valence-electron chi connectivity index (χ0n) is 9.88. The number of nitrogens with one attached hydrogen (secondary N) is 1. The zero-order valence-corrected chi connectivity index (χ0v) is 11.5. The second-order valence-electron chi connectivity index (χ2n) is 4.76. The van der Waals surface area contributed by atoms with Crippen molar-refractivity contribution < 1.29 is 14.3 Å². The fourth-order valence-electron chi connectivity index (χ4n) is 1.97. The van der Waals surface area contributed by atoms with Gasteiger partial charge in [-0.15, -0.1) is 0 Å². The molecule has 1 amide bonds. The van der Waals surface area contributed by atoms with E-state index in [1.54, 1.807) is 6.07 Å². The van der Waals surface area contributed by atoms with Gasteiger partial charge in [0.2, 0.25) is 0 Å². The fourth-order valence-corrected chi connectivity index (χ4v) is 2.42. The number of carbonyl (C=O) groups is 1. The van der Waals surface area contributed by atoms with Gasteiger partial charge in [-0.25, -0.2) is 4.39 Å². The van der Waals surface area contributed by atoms with Crippen LogP contribution in [0.2, 0.25) is 0 Å². The molecule has 1 aromatic carbocycles. The molecule has 1 aromatic rings. The number of hydrogen-bond acceptors (Lipinski definition) is 2. The SMILES string of the molecule is O=C(NCC1(CCO)CC1)c1cccc(F)c1Br. The van der Waals surface area contributed by atoms with Gasteiger partial charge in [-0.3, -0.25) is 4.79 Å². The Morgan fingerprint density at radius 2 is 2.22 bits per heavy atom. The van der Waals surface area contributed by atoms with E-state index in [4.69, 9.17) is 5.11 Å². The minimum absolute atomic E-state index is 0.0597. The van der Waals surface area contributed by atoms with Gasteiger partial charge >= 0.3 is 0 Å². The second kappa shape index (κ2) is 5.36. The summed E-state index contributed by atoms with van der Waals surface area (Å²) >= 11 is 3.07. The van der Waals surface area contributed by atoms with E-state index in [0.29, 0.717) is 18.5 Å². The largest absolute Gasteiger partial charge is 0.396 e. The predicted molar refractivity (Wildman–Crippen MR) is 69.8 cm³/mol. The Morgan fingerprint density at radius 3 is 2.83 bits per heavy atom. The van der Waals surface area contributed by atoms with Crippen molar-refractivity contribution >= 4 is 21.8 Å². The lowest BCUT2D eigenvalue weighted by molar-refractivity contribution is 0.0939. The van der Waals surface area contributed by atoms with Gasteiger partial charge in [0.05, 0.1) is 10.0 Å². The summed E-state index contributed by atoms with van der Waals surface area (Å²) in [7, 11) is 0. The molecule has 0 saturated heterocycles. The van der Waals surface area contributed by atoms with Crippen molar-refractivity contribution in [1.82, 2.24) is 5.32 Å². The first-order valence-electron chi connectivity index (χ1n) is 5.91. The van der Waals surface area contributed by atoms with Crippen LogP contribution in [0.4, 0.5) is 4.39 Å². The van der Waals surface area contributed by atoms with E-state index in [1.165, 1.54) is 12.1 Å². The molecule has 18 heavy (non-hydrogen) atoms. The third kappa shape index (κ3) is 2.90. The molecular formula is C13H15BrFNO2. The van der Waals surface area contributed by atoms with E-state index in [-0.39, 0.29) is 22.4 Å². The summed E-state index contributed by atoms with van der Waals surface area (Å²) in [5.74, 6) is -0.732. The number of carbonyl (C=O) groups excluding carboxylic acids is 1. The molecule has 0 aliphatic heterocycles. The number of amides is 1. The van der Waals surface area contributed by atoms with Gasteiger partial charge in [0.15, 0.2) is 0 Å². The molecule has 0 radical (unpaired) electrons. The third-order valence-electron chi connectivity index (χ3n) is 3.42. The topological polar surface area (TPSA) is 49.3 Å². The Hall–Kier alpha value is -0.940. The summed E-state index contributed by atoms with van der Waals surface area (Å²) < 4.78 is 13.5. The minimum atomic E-state index is -0.445. The highest BCUT2D eigenvalue weighted by atomic mass is 79.9. The van der Waals surface area contributed by atoms with E-state index in [0.717, 1.165) is 12.8 Å². The molecule has 2 rings (SSSR count). The first-order valence-corrected chi connectivity index (χ1v) is 6.70. The van der Waals surface area contributed by atoms with Crippen LogP contribution in [0.3, 0.4) is 0 Å². The van der Waals surface area contributed by atoms with Gasteiger partial charge in [-0.2, -0.15) is 0 Å². The quantitative estimate of drug-likeness (QED) is 0.877. The molecule has 3 nitrogen and oxygen atoms in total. The van der Waals surface area contributed by atoms with Gasteiger partial charge in [-0.1, -0.05) is 6.07 Å². The maximum atomic E-state index is 13.3. The molecule has 1 saturated carbocycles. The average molecular weight is 316 g/mol. The maximum absolute atomic E-state index is 13.3. The lowest BCUT2D eigenvalue weighted by Crippen LogP contribution is -2.31. The number of hydrogen-bond donors (Lipinski definition) is 2. The molecule has 0 atom stereocenters. The first kappa shape index (κ1) is 13.5. The zero-order chi connectivity index (χ0) is 13.2. The smallest absolute Gasteiger partial charge is 0.252 e. The summed E-state index contributed by atoms with van der Waals surface area (Å²) in [6, 6.07) is 4.39. The standard InChI is InChI=1S/C13H15BrFNO2/c14-11-9(2-1-3-10(11)15)12(18)16-8-13(4-5-13)6-7-17/h1-3,17H,4-8H2,(H,16,18). The lowest BCUT2D eigenvalue weighted by Gasteiger charge is -2.15. The highest BCUT2D eigenvalue weighted by Gasteiger charge is 2.41. The molecule has 0 aromatic heterocycles. The highest BCUT2D eigenvalue weighted by molar-refractivity contribution is 9.10.